The first-order valence-corrected chi connectivity index (χ1v) is 23.0. The van der Waals surface area contributed by atoms with Gasteiger partial charge in [-0.2, -0.15) is 0 Å². The molecule has 0 radical (unpaired) electrons. The number of allylic oxidation sites excluding steroid dienone is 5. The number of ether oxygens (including phenoxy) is 2. The summed E-state index contributed by atoms with van der Waals surface area (Å²) in [5, 5.41) is 0. The Morgan fingerprint density at radius 2 is 1.04 bits per heavy atom. The molecule has 3 N–H and O–H groups in total. The van der Waals surface area contributed by atoms with Gasteiger partial charge in [-0.15, -0.1) is 0 Å². The van der Waals surface area contributed by atoms with Crippen molar-refractivity contribution in [3.63, 3.8) is 0 Å². The predicted octanol–water partition coefficient (Wildman–Crippen LogP) is 13.0. The second-order valence-electron chi connectivity index (χ2n) is 14.3. The molecule has 306 valence electrons. The Morgan fingerprint density at radius 3 is 1.56 bits per heavy atom. The van der Waals surface area contributed by atoms with Crippen molar-refractivity contribution in [3.05, 3.63) is 36.6 Å². The standard InChI is InChI=1S/C43H82NO7P/c1-3-5-7-9-11-13-15-17-19-21-22-24-26-28-30-32-34-36-43(45)51-42(41-50-52(46,47)49-39-37-44)40-48-38-35-33-31-29-27-25-23-20-18-16-14-12-10-8-6-4-2/h11,13,17,19,35,38,42H,3-10,12,14-16,18,20-34,36-37,39-41,44H2,1-2H3,(H,46,47)/b13-11+,19-17+,38-35+/t42-/m1/s1. The second-order valence-corrected chi connectivity index (χ2v) is 15.7. The fraction of sp³-hybridized carbons (Fsp3) is 0.837. The van der Waals surface area contributed by atoms with Gasteiger partial charge in [0.1, 0.15) is 6.61 Å². The van der Waals surface area contributed by atoms with Gasteiger partial charge in [0, 0.05) is 13.0 Å². The Morgan fingerprint density at radius 1 is 0.596 bits per heavy atom. The summed E-state index contributed by atoms with van der Waals surface area (Å²) < 4.78 is 33.2. The molecular weight excluding hydrogens is 673 g/mol. The van der Waals surface area contributed by atoms with Gasteiger partial charge < -0.3 is 20.1 Å². The van der Waals surface area contributed by atoms with Gasteiger partial charge in [-0.05, 0) is 57.4 Å². The second kappa shape index (κ2) is 40.7. The fourth-order valence-corrected chi connectivity index (χ4v) is 6.70. The molecule has 8 nitrogen and oxygen atoms in total. The lowest BCUT2D eigenvalue weighted by molar-refractivity contribution is -0.153. The van der Waals surface area contributed by atoms with Crippen LogP contribution in [0.3, 0.4) is 0 Å². The maximum atomic E-state index is 12.6. The van der Waals surface area contributed by atoms with Crippen molar-refractivity contribution in [2.45, 2.75) is 206 Å². The number of nitrogens with two attached hydrogens (primary N) is 1. The third-order valence-corrected chi connectivity index (χ3v) is 10.1. The lowest BCUT2D eigenvalue weighted by atomic mass is 10.0. The first-order chi connectivity index (χ1) is 25.4. The smallest absolute Gasteiger partial charge is 0.472 e. The minimum Gasteiger partial charge on any atom is -0.498 e. The van der Waals surface area contributed by atoms with E-state index in [1.54, 1.807) is 6.26 Å². The summed E-state index contributed by atoms with van der Waals surface area (Å²) in [4.78, 5) is 22.4. The maximum Gasteiger partial charge on any atom is 0.472 e. The molecule has 0 aliphatic carbocycles. The van der Waals surface area contributed by atoms with Crippen molar-refractivity contribution in [2.24, 2.45) is 5.73 Å². The summed E-state index contributed by atoms with van der Waals surface area (Å²) >= 11 is 0. The van der Waals surface area contributed by atoms with Crippen molar-refractivity contribution in [1.82, 2.24) is 0 Å². The van der Waals surface area contributed by atoms with Gasteiger partial charge in [-0.1, -0.05) is 167 Å². The Labute approximate surface area is 320 Å². The Kier molecular flexibility index (Phi) is 39.6. The summed E-state index contributed by atoms with van der Waals surface area (Å²) in [5.74, 6) is -0.359. The number of hydrogen-bond donors (Lipinski definition) is 2. The normalized spacial score (nSPS) is 13.8. The molecule has 0 amide bonds. The number of carbonyl (C=O) groups excluding carboxylic acids is 1. The van der Waals surface area contributed by atoms with Crippen LogP contribution in [-0.2, 0) is 27.9 Å². The van der Waals surface area contributed by atoms with E-state index in [0.717, 1.165) is 44.9 Å². The van der Waals surface area contributed by atoms with Gasteiger partial charge in [-0.25, -0.2) is 4.57 Å². The van der Waals surface area contributed by atoms with E-state index in [-0.39, 0.29) is 32.3 Å². The summed E-state index contributed by atoms with van der Waals surface area (Å²) in [7, 11) is -4.29. The van der Waals surface area contributed by atoms with Crippen molar-refractivity contribution in [3.8, 4) is 0 Å². The van der Waals surface area contributed by atoms with Gasteiger partial charge in [-0.3, -0.25) is 13.8 Å². The molecule has 0 saturated carbocycles. The summed E-state index contributed by atoms with van der Waals surface area (Å²) in [6.45, 7) is 4.22. The monoisotopic (exact) mass is 756 g/mol. The third-order valence-electron chi connectivity index (χ3n) is 9.12. The Hall–Kier alpha value is -1.44. The zero-order chi connectivity index (χ0) is 38.1. The molecule has 9 heteroatoms. The van der Waals surface area contributed by atoms with Gasteiger partial charge >= 0.3 is 13.8 Å². The zero-order valence-corrected chi connectivity index (χ0v) is 34.7. The van der Waals surface area contributed by atoms with E-state index in [0.29, 0.717) is 6.42 Å². The van der Waals surface area contributed by atoms with Gasteiger partial charge in [0.2, 0.25) is 0 Å². The average Bonchev–Trinajstić information content (AvgIpc) is 3.13. The molecule has 2 atom stereocenters. The van der Waals surface area contributed by atoms with Gasteiger partial charge in [0.25, 0.3) is 0 Å². The number of carbonyl (C=O) groups is 1. The molecule has 0 aromatic carbocycles. The molecule has 0 aliphatic rings. The maximum absolute atomic E-state index is 12.6. The fourth-order valence-electron chi connectivity index (χ4n) is 5.93. The van der Waals surface area contributed by atoms with E-state index in [2.05, 4.69) is 38.2 Å². The third kappa shape index (κ3) is 39.8. The molecule has 52 heavy (non-hydrogen) atoms. The average molecular weight is 756 g/mol. The number of phosphoric ester groups is 1. The molecule has 0 heterocycles. The van der Waals surface area contributed by atoms with Crippen LogP contribution in [0.1, 0.15) is 200 Å². The van der Waals surface area contributed by atoms with E-state index in [1.165, 1.54) is 135 Å². The van der Waals surface area contributed by atoms with Crippen LogP contribution in [0, 0.1) is 0 Å². The van der Waals surface area contributed by atoms with E-state index in [9.17, 15) is 14.3 Å². The molecule has 0 fully saturated rings. The topological polar surface area (TPSA) is 117 Å². The van der Waals surface area contributed by atoms with Crippen molar-refractivity contribution < 1.29 is 32.8 Å². The van der Waals surface area contributed by atoms with Crippen molar-refractivity contribution in [2.75, 3.05) is 26.4 Å². The van der Waals surface area contributed by atoms with E-state index in [4.69, 9.17) is 24.3 Å². The Balaban J connectivity index is 4.09. The zero-order valence-electron chi connectivity index (χ0n) is 33.8. The van der Waals surface area contributed by atoms with Crippen LogP contribution < -0.4 is 5.73 Å². The number of unbranched alkanes of at least 4 members (excludes halogenated alkanes) is 24. The summed E-state index contributed by atoms with van der Waals surface area (Å²) in [6.07, 6.45) is 46.8. The van der Waals surface area contributed by atoms with E-state index >= 15 is 0 Å². The van der Waals surface area contributed by atoms with Crippen LogP contribution in [0.15, 0.2) is 36.6 Å². The van der Waals surface area contributed by atoms with Crippen LogP contribution in [0.2, 0.25) is 0 Å². The minimum absolute atomic E-state index is 0.0306. The lowest BCUT2D eigenvalue weighted by Crippen LogP contribution is -2.27. The SMILES string of the molecule is CCCCC/C=C/C/C=C/CCCCCCCCCC(=O)O[C@H](CO/C=C/CCCCCCCCCCCCCCCC)COP(=O)(O)OCCN. The molecule has 0 saturated heterocycles. The highest BCUT2D eigenvalue weighted by Crippen LogP contribution is 2.43. The van der Waals surface area contributed by atoms with Gasteiger partial charge in [0.15, 0.2) is 6.10 Å². The van der Waals surface area contributed by atoms with Crippen LogP contribution in [0.4, 0.5) is 0 Å². The molecule has 0 aromatic rings. The van der Waals surface area contributed by atoms with Gasteiger partial charge in [0.05, 0.1) is 19.5 Å². The molecule has 0 bridgehead atoms. The first kappa shape index (κ1) is 50.6. The molecule has 0 rings (SSSR count). The van der Waals surface area contributed by atoms with Crippen LogP contribution in [0.5, 0.6) is 0 Å². The van der Waals surface area contributed by atoms with Crippen LogP contribution >= 0.6 is 7.82 Å². The van der Waals surface area contributed by atoms with E-state index < -0.39 is 13.9 Å². The Bertz CT molecular complexity index is 895. The number of phosphoric acid groups is 1. The highest BCUT2D eigenvalue weighted by molar-refractivity contribution is 7.47. The number of hydrogen-bond acceptors (Lipinski definition) is 7. The summed E-state index contributed by atoms with van der Waals surface area (Å²) in [6, 6.07) is 0. The number of esters is 1. The van der Waals surface area contributed by atoms with Crippen LogP contribution in [-0.4, -0.2) is 43.3 Å². The quantitative estimate of drug-likeness (QED) is 0.0208. The summed E-state index contributed by atoms with van der Waals surface area (Å²) in [5.41, 5.74) is 5.36. The largest absolute Gasteiger partial charge is 0.498 e. The molecule has 0 spiro atoms. The first-order valence-electron chi connectivity index (χ1n) is 21.5. The minimum atomic E-state index is -4.29. The van der Waals surface area contributed by atoms with Crippen molar-refractivity contribution >= 4 is 13.8 Å². The lowest BCUT2D eigenvalue weighted by Gasteiger charge is -2.19. The number of rotatable bonds is 41. The molecular formula is C43H82NO7P. The highest BCUT2D eigenvalue weighted by atomic mass is 31.2. The molecule has 1 unspecified atom stereocenters. The molecule has 0 aromatic heterocycles. The van der Waals surface area contributed by atoms with Crippen LogP contribution in [0.25, 0.3) is 0 Å². The molecule has 0 aliphatic heterocycles. The predicted molar refractivity (Wildman–Crippen MR) is 219 cm³/mol. The van der Waals surface area contributed by atoms with Crippen molar-refractivity contribution in [1.29, 1.82) is 0 Å². The highest BCUT2D eigenvalue weighted by Gasteiger charge is 2.25. The van der Waals surface area contributed by atoms with E-state index in [1.807, 2.05) is 6.08 Å².